The Morgan fingerprint density at radius 1 is 1.33 bits per heavy atom. The van der Waals surface area contributed by atoms with Crippen molar-refractivity contribution in [1.82, 2.24) is 15.0 Å². The van der Waals surface area contributed by atoms with E-state index in [4.69, 9.17) is 12.2 Å². The number of hydrogen-bond acceptors (Lipinski definition) is 3. The van der Waals surface area contributed by atoms with Crippen LogP contribution in [0.15, 0.2) is 35.2 Å². The van der Waals surface area contributed by atoms with Crippen molar-refractivity contribution in [3.63, 3.8) is 0 Å². The van der Waals surface area contributed by atoms with Crippen molar-refractivity contribution in [2.45, 2.75) is 6.42 Å². The lowest BCUT2D eigenvalue weighted by molar-refractivity contribution is 0.950. The second-order valence-corrected chi connectivity index (χ2v) is 4.30. The molecular formula is C10H8BrN3S. The molecule has 5 heteroatoms. The molecule has 2 aromatic rings. The number of nitrogens with zero attached hydrogens (tertiary/aromatic N) is 2. The summed E-state index contributed by atoms with van der Waals surface area (Å²) in [5.74, 6) is 0.856. The summed E-state index contributed by atoms with van der Waals surface area (Å²) in [7, 11) is 0. The van der Waals surface area contributed by atoms with Gasteiger partial charge in [-0.15, -0.1) is 0 Å². The average Bonchev–Trinajstić information content (AvgIpc) is 2.25. The molecule has 0 saturated heterocycles. The van der Waals surface area contributed by atoms with Crippen molar-refractivity contribution in [1.29, 1.82) is 0 Å². The van der Waals surface area contributed by atoms with E-state index in [1.807, 2.05) is 12.1 Å². The van der Waals surface area contributed by atoms with E-state index in [2.05, 4.69) is 30.9 Å². The van der Waals surface area contributed by atoms with Gasteiger partial charge in [-0.3, -0.25) is 4.98 Å². The summed E-state index contributed by atoms with van der Waals surface area (Å²) in [6.45, 7) is 0. The molecule has 0 aromatic carbocycles. The van der Waals surface area contributed by atoms with E-state index in [-0.39, 0.29) is 0 Å². The Morgan fingerprint density at radius 3 is 2.73 bits per heavy atom. The average molecular weight is 282 g/mol. The Labute approximate surface area is 101 Å². The summed E-state index contributed by atoms with van der Waals surface area (Å²) in [5, 5.41) is 0. The van der Waals surface area contributed by atoms with Gasteiger partial charge in [0.25, 0.3) is 0 Å². The monoisotopic (exact) mass is 281 g/mol. The fraction of sp³-hybridized carbons (Fsp3) is 0.100. The minimum atomic E-state index is 0.675. The summed E-state index contributed by atoms with van der Waals surface area (Å²) >= 11 is 8.41. The van der Waals surface area contributed by atoms with Crippen LogP contribution < -0.4 is 0 Å². The van der Waals surface area contributed by atoms with Gasteiger partial charge >= 0.3 is 0 Å². The summed E-state index contributed by atoms with van der Waals surface area (Å²) < 4.78 is 1.49. The molecule has 1 N–H and O–H groups in total. The zero-order valence-electron chi connectivity index (χ0n) is 7.77. The number of aromatic nitrogens is 3. The number of aromatic amines is 1. The molecule has 3 nitrogen and oxygen atoms in total. The van der Waals surface area contributed by atoms with Crippen molar-refractivity contribution in [2.24, 2.45) is 0 Å². The van der Waals surface area contributed by atoms with Gasteiger partial charge in [0.1, 0.15) is 10.5 Å². The van der Waals surface area contributed by atoms with Gasteiger partial charge in [0.15, 0.2) is 0 Å². The number of hydrogen-bond donors (Lipinski definition) is 1. The van der Waals surface area contributed by atoms with Crippen LogP contribution in [0.2, 0.25) is 0 Å². The first-order valence-corrected chi connectivity index (χ1v) is 5.58. The molecular weight excluding hydrogens is 274 g/mol. The highest BCUT2D eigenvalue weighted by atomic mass is 79.9. The van der Waals surface area contributed by atoms with E-state index >= 15 is 0 Å². The highest BCUT2D eigenvalue weighted by molar-refractivity contribution is 9.10. The third kappa shape index (κ3) is 2.70. The van der Waals surface area contributed by atoms with Crippen molar-refractivity contribution in [2.75, 3.05) is 0 Å². The summed E-state index contributed by atoms with van der Waals surface area (Å²) in [5.41, 5.74) is 1.16. The lowest BCUT2D eigenvalue weighted by Gasteiger charge is -2.01. The molecule has 0 radical (unpaired) electrons. The van der Waals surface area contributed by atoms with Crippen LogP contribution >= 0.6 is 28.1 Å². The second-order valence-electron chi connectivity index (χ2n) is 3.04. The SMILES string of the molecule is S=c1[nH]c(Cc2ccncc2)ncc1Br. The maximum atomic E-state index is 5.10. The molecule has 0 bridgehead atoms. The van der Waals surface area contributed by atoms with Crippen LogP contribution in [0.4, 0.5) is 0 Å². The van der Waals surface area contributed by atoms with Crippen molar-refractivity contribution in [3.8, 4) is 0 Å². The first-order chi connectivity index (χ1) is 7.25. The Bertz CT molecular complexity index is 510. The Hall–Kier alpha value is -1.07. The molecule has 0 aliphatic heterocycles. The van der Waals surface area contributed by atoms with Gasteiger partial charge in [0.05, 0.1) is 4.47 Å². The zero-order valence-corrected chi connectivity index (χ0v) is 10.2. The van der Waals surface area contributed by atoms with Gasteiger partial charge in [-0.2, -0.15) is 0 Å². The first-order valence-electron chi connectivity index (χ1n) is 4.38. The number of H-pyrrole nitrogens is 1. The topological polar surface area (TPSA) is 41.6 Å². The smallest absolute Gasteiger partial charge is 0.120 e. The van der Waals surface area contributed by atoms with Crippen LogP contribution in [0.5, 0.6) is 0 Å². The highest BCUT2D eigenvalue weighted by Gasteiger charge is 1.98. The predicted octanol–water partition coefficient (Wildman–Crippen LogP) is 2.89. The normalized spacial score (nSPS) is 10.2. The predicted molar refractivity (Wildman–Crippen MR) is 64.2 cm³/mol. The molecule has 0 aliphatic carbocycles. The van der Waals surface area contributed by atoms with Crippen LogP contribution in [0.25, 0.3) is 0 Å². The number of pyridine rings is 1. The standard InChI is InChI=1S/C10H8BrN3S/c11-8-6-13-9(14-10(8)15)5-7-1-3-12-4-2-7/h1-4,6H,5H2,(H,13,14,15). The molecule has 2 aromatic heterocycles. The minimum Gasteiger partial charge on any atom is -0.334 e. The van der Waals surface area contributed by atoms with Gasteiger partial charge in [-0.25, -0.2) is 4.98 Å². The van der Waals surface area contributed by atoms with Crippen molar-refractivity contribution < 1.29 is 0 Å². The molecule has 76 valence electrons. The fourth-order valence-electron chi connectivity index (χ4n) is 1.20. The van der Waals surface area contributed by atoms with E-state index in [9.17, 15) is 0 Å². The lowest BCUT2D eigenvalue weighted by Crippen LogP contribution is -1.96. The quantitative estimate of drug-likeness (QED) is 0.861. The number of nitrogens with one attached hydrogen (secondary N) is 1. The van der Waals surface area contributed by atoms with E-state index in [0.29, 0.717) is 4.64 Å². The minimum absolute atomic E-state index is 0.675. The lowest BCUT2D eigenvalue weighted by atomic mass is 10.2. The van der Waals surface area contributed by atoms with Crippen LogP contribution in [-0.4, -0.2) is 15.0 Å². The number of rotatable bonds is 2. The van der Waals surface area contributed by atoms with Crippen LogP contribution in [0, 0.1) is 4.64 Å². The zero-order chi connectivity index (χ0) is 10.7. The molecule has 0 unspecified atom stereocenters. The van der Waals surface area contributed by atoms with Gasteiger partial charge in [0.2, 0.25) is 0 Å². The van der Waals surface area contributed by atoms with Crippen molar-refractivity contribution >= 4 is 28.1 Å². The molecule has 0 amide bonds. The fourth-order valence-corrected chi connectivity index (χ4v) is 1.57. The Morgan fingerprint density at radius 2 is 2.07 bits per heavy atom. The number of halogens is 1. The summed E-state index contributed by atoms with van der Waals surface area (Å²) in [6.07, 6.45) is 5.99. The Kier molecular flexibility index (Phi) is 3.23. The van der Waals surface area contributed by atoms with Gasteiger partial charge in [0, 0.05) is 25.0 Å². The molecule has 2 heterocycles. The molecule has 0 spiro atoms. The van der Waals surface area contributed by atoms with Crippen LogP contribution in [-0.2, 0) is 6.42 Å². The highest BCUT2D eigenvalue weighted by Crippen LogP contribution is 2.10. The van der Waals surface area contributed by atoms with Gasteiger partial charge in [-0.1, -0.05) is 12.2 Å². The largest absolute Gasteiger partial charge is 0.334 e. The summed E-state index contributed by atoms with van der Waals surface area (Å²) in [4.78, 5) is 11.3. The second kappa shape index (κ2) is 4.63. The van der Waals surface area contributed by atoms with Gasteiger partial charge in [-0.05, 0) is 33.6 Å². The third-order valence-corrected chi connectivity index (χ3v) is 3.12. The Balaban J connectivity index is 2.26. The summed E-state index contributed by atoms with van der Waals surface area (Å²) in [6, 6.07) is 3.92. The van der Waals surface area contributed by atoms with E-state index < -0.39 is 0 Å². The third-order valence-electron chi connectivity index (χ3n) is 1.93. The van der Waals surface area contributed by atoms with E-state index in [0.717, 1.165) is 22.3 Å². The maximum absolute atomic E-state index is 5.10. The molecule has 0 atom stereocenters. The van der Waals surface area contributed by atoms with E-state index in [1.165, 1.54) is 0 Å². The van der Waals surface area contributed by atoms with Crippen LogP contribution in [0.1, 0.15) is 11.4 Å². The first kappa shape index (κ1) is 10.4. The van der Waals surface area contributed by atoms with Crippen LogP contribution in [0.3, 0.4) is 0 Å². The molecule has 0 saturated carbocycles. The van der Waals surface area contributed by atoms with Gasteiger partial charge < -0.3 is 4.98 Å². The van der Waals surface area contributed by atoms with E-state index in [1.54, 1.807) is 18.6 Å². The molecule has 0 aliphatic rings. The van der Waals surface area contributed by atoms with Crippen molar-refractivity contribution in [3.05, 3.63) is 51.2 Å². The molecule has 2 rings (SSSR count). The molecule has 15 heavy (non-hydrogen) atoms. The molecule has 0 fully saturated rings. The maximum Gasteiger partial charge on any atom is 0.120 e.